The number of hydrogen-bond donors (Lipinski definition) is 1. The molecule has 5 nitrogen and oxygen atoms in total. The SMILES string of the molecule is Cc1ccc([N+](=O)[O-])c(NCC2CCN(C3CC3)C2)c1. The number of anilines is 1. The summed E-state index contributed by atoms with van der Waals surface area (Å²) in [5.41, 5.74) is 1.87. The van der Waals surface area contributed by atoms with E-state index in [2.05, 4.69) is 10.2 Å². The van der Waals surface area contributed by atoms with Gasteiger partial charge in [-0.3, -0.25) is 10.1 Å². The maximum absolute atomic E-state index is 11.0. The Balaban J connectivity index is 1.60. The lowest BCUT2D eigenvalue weighted by Crippen LogP contribution is -2.24. The van der Waals surface area contributed by atoms with Gasteiger partial charge in [0.15, 0.2) is 0 Å². The second-order valence-electron chi connectivity index (χ2n) is 6.04. The van der Waals surface area contributed by atoms with Gasteiger partial charge in [0.25, 0.3) is 5.69 Å². The molecule has 5 heteroatoms. The third-order valence-electron chi connectivity index (χ3n) is 4.31. The zero-order valence-electron chi connectivity index (χ0n) is 11.8. The molecule has 0 amide bonds. The first kappa shape index (κ1) is 13.4. The van der Waals surface area contributed by atoms with E-state index < -0.39 is 0 Å². The maximum atomic E-state index is 11.0. The molecule has 0 aromatic heterocycles. The van der Waals surface area contributed by atoms with Gasteiger partial charge in [0.2, 0.25) is 0 Å². The van der Waals surface area contributed by atoms with E-state index in [1.807, 2.05) is 13.0 Å². The van der Waals surface area contributed by atoms with E-state index in [4.69, 9.17) is 0 Å². The van der Waals surface area contributed by atoms with Crippen LogP contribution in [0.5, 0.6) is 0 Å². The predicted molar refractivity (Wildman–Crippen MR) is 79.0 cm³/mol. The minimum Gasteiger partial charge on any atom is -0.379 e. The molecule has 2 fully saturated rings. The highest BCUT2D eigenvalue weighted by Crippen LogP contribution is 2.32. The zero-order valence-corrected chi connectivity index (χ0v) is 11.8. The molecule has 0 spiro atoms. The molecule has 1 N–H and O–H groups in total. The van der Waals surface area contributed by atoms with E-state index in [1.54, 1.807) is 12.1 Å². The van der Waals surface area contributed by atoms with Gasteiger partial charge < -0.3 is 10.2 Å². The highest BCUT2D eigenvalue weighted by atomic mass is 16.6. The van der Waals surface area contributed by atoms with Crippen LogP contribution in [0.25, 0.3) is 0 Å². The van der Waals surface area contributed by atoms with Gasteiger partial charge >= 0.3 is 0 Å². The second kappa shape index (κ2) is 5.40. The van der Waals surface area contributed by atoms with Crippen LogP contribution in [0.4, 0.5) is 11.4 Å². The smallest absolute Gasteiger partial charge is 0.292 e. The number of nitro benzene ring substituents is 1. The average Bonchev–Trinajstić information content (AvgIpc) is 3.15. The van der Waals surface area contributed by atoms with Crippen molar-refractivity contribution in [3.05, 3.63) is 33.9 Å². The monoisotopic (exact) mass is 275 g/mol. The van der Waals surface area contributed by atoms with Gasteiger partial charge in [-0.15, -0.1) is 0 Å². The van der Waals surface area contributed by atoms with Crippen LogP contribution in [0.1, 0.15) is 24.8 Å². The summed E-state index contributed by atoms with van der Waals surface area (Å²) < 4.78 is 0. The van der Waals surface area contributed by atoms with Crippen molar-refractivity contribution in [1.82, 2.24) is 4.90 Å². The molecule has 3 rings (SSSR count). The van der Waals surface area contributed by atoms with E-state index >= 15 is 0 Å². The first-order chi connectivity index (χ1) is 9.63. The summed E-state index contributed by atoms with van der Waals surface area (Å²) >= 11 is 0. The fourth-order valence-electron chi connectivity index (χ4n) is 3.01. The van der Waals surface area contributed by atoms with Crippen molar-refractivity contribution in [3.8, 4) is 0 Å². The summed E-state index contributed by atoms with van der Waals surface area (Å²) in [5, 5.41) is 14.3. The molecule has 2 aliphatic rings. The molecule has 1 atom stereocenters. The number of nitrogens with one attached hydrogen (secondary N) is 1. The van der Waals surface area contributed by atoms with E-state index in [9.17, 15) is 10.1 Å². The largest absolute Gasteiger partial charge is 0.379 e. The van der Waals surface area contributed by atoms with Crippen LogP contribution in [0.15, 0.2) is 18.2 Å². The van der Waals surface area contributed by atoms with Gasteiger partial charge in [-0.05, 0) is 50.3 Å². The first-order valence-electron chi connectivity index (χ1n) is 7.36. The van der Waals surface area contributed by atoms with Gasteiger partial charge in [-0.1, -0.05) is 6.07 Å². The Hall–Kier alpha value is -1.62. The Kier molecular flexibility index (Phi) is 3.61. The maximum Gasteiger partial charge on any atom is 0.292 e. The molecule has 108 valence electrons. The summed E-state index contributed by atoms with van der Waals surface area (Å²) in [6.45, 7) is 5.11. The van der Waals surface area contributed by atoms with E-state index in [-0.39, 0.29) is 10.6 Å². The van der Waals surface area contributed by atoms with Crippen LogP contribution < -0.4 is 5.32 Å². The predicted octanol–water partition coefficient (Wildman–Crippen LogP) is 2.80. The van der Waals surface area contributed by atoms with Crippen molar-refractivity contribution in [2.45, 2.75) is 32.2 Å². The van der Waals surface area contributed by atoms with Crippen LogP contribution >= 0.6 is 0 Å². The number of hydrogen-bond acceptors (Lipinski definition) is 4. The fourth-order valence-corrected chi connectivity index (χ4v) is 3.01. The van der Waals surface area contributed by atoms with E-state index in [0.717, 1.165) is 24.7 Å². The highest BCUT2D eigenvalue weighted by Gasteiger charge is 2.34. The first-order valence-corrected chi connectivity index (χ1v) is 7.36. The second-order valence-corrected chi connectivity index (χ2v) is 6.04. The fraction of sp³-hybridized carbons (Fsp3) is 0.600. The number of nitrogens with zero attached hydrogens (tertiary/aromatic N) is 2. The zero-order chi connectivity index (χ0) is 14.1. The molecule has 1 saturated heterocycles. The lowest BCUT2D eigenvalue weighted by molar-refractivity contribution is -0.384. The summed E-state index contributed by atoms with van der Waals surface area (Å²) in [4.78, 5) is 13.3. The molecule has 1 heterocycles. The third-order valence-corrected chi connectivity index (χ3v) is 4.31. The number of aryl methyl sites for hydroxylation is 1. The van der Waals surface area contributed by atoms with Gasteiger partial charge in [0.1, 0.15) is 5.69 Å². The molecule has 1 unspecified atom stereocenters. The van der Waals surface area contributed by atoms with Gasteiger partial charge in [0, 0.05) is 25.2 Å². The van der Waals surface area contributed by atoms with Crippen molar-refractivity contribution >= 4 is 11.4 Å². The summed E-state index contributed by atoms with van der Waals surface area (Å²) in [5.74, 6) is 0.607. The Labute approximate surface area is 119 Å². The molecule has 20 heavy (non-hydrogen) atoms. The van der Waals surface area contributed by atoms with Crippen molar-refractivity contribution in [1.29, 1.82) is 0 Å². The molecule has 1 aliphatic carbocycles. The van der Waals surface area contributed by atoms with Gasteiger partial charge in [-0.2, -0.15) is 0 Å². The number of rotatable bonds is 5. The number of benzene rings is 1. The van der Waals surface area contributed by atoms with Crippen LogP contribution in [0.3, 0.4) is 0 Å². The van der Waals surface area contributed by atoms with Crippen LogP contribution in [-0.4, -0.2) is 35.5 Å². The summed E-state index contributed by atoms with van der Waals surface area (Å²) in [7, 11) is 0. The molecule has 1 aromatic carbocycles. The topological polar surface area (TPSA) is 58.4 Å². The lowest BCUT2D eigenvalue weighted by atomic mass is 10.1. The summed E-state index contributed by atoms with van der Waals surface area (Å²) in [6, 6.07) is 6.07. The van der Waals surface area contributed by atoms with Crippen LogP contribution in [0, 0.1) is 23.0 Å². The normalized spacial score (nSPS) is 22.9. The third kappa shape index (κ3) is 2.93. The number of likely N-dealkylation sites (tertiary alicyclic amines) is 1. The minimum absolute atomic E-state index is 0.174. The van der Waals surface area contributed by atoms with Crippen molar-refractivity contribution in [2.24, 2.45) is 5.92 Å². The standard InChI is InChI=1S/C15H21N3O2/c1-11-2-5-15(18(19)20)14(8-11)16-9-12-6-7-17(10-12)13-3-4-13/h2,5,8,12-13,16H,3-4,6-7,9-10H2,1H3. The van der Waals surface area contributed by atoms with Gasteiger partial charge in [-0.25, -0.2) is 0 Å². The highest BCUT2D eigenvalue weighted by molar-refractivity contribution is 5.62. The molecule has 1 aliphatic heterocycles. The van der Waals surface area contributed by atoms with Gasteiger partial charge in [0.05, 0.1) is 4.92 Å². The minimum atomic E-state index is -0.313. The Morgan fingerprint density at radius 1 is 1.40 bits per heavy atom. The number of nitro groups is 1. The quantitative estimate of drug-likeness (QED) is 0.663. The Morgan fingerprint density at radius 3 is 2.90 bits per heavy atom. The molecule has 0 radical (unpaired) electrons. The lowest BCUT2D eigenvalue weighted by Gasteiger charge is -2.15. The van der Waals surface area contributed by atoms with E-state index in [1.165, 1.54) is 25.8 Å². The Morgan fingerprint density at radius 2 is 2.20 bits per heavy atom. The van der Waals surface area contributed by atoms with Crippen LogP contribution in [-0.2, 0) is 0 Å². The molecular formula is C15H21N3O2. The molecular weight excluding hydrogens is 254 g/mol. The molecule has 0 bridgehead atoms. The van der Waals surface area contributed by atoms with Crippen molar-refractivity contribution in [3.63, 3.8) is 0 Å². The van der Waals surface area contributed by atoms with Crippen LogP contribution in [0.2, 0.25) is 0 Å². The molecule has 1 saturated carbocycles. The average molecular weight is 275 g/mol. The summed E-state index contributed by atoms with van der Waals surface area (Å²) in [6.07, 6.45) is 3.90. The van der Waals surface area contributed by atoms with Crippen molar-refractivity contribution in [2.75, 3.05) is 25.0 Å². The van der Waals surface area contributed by atoms with E-state index in [0.29, 0.717) is 11.6 Å². The van der Waals surface area contributed by atoms with Crippen molar-refractivity contribution < 1.29 is 4.92 Å². The Bertz CT molecular complexity index is 514. The molecule has 1 aromatic rings.